The van der Waals surface area contributed by atoms with Crippen LogP contribution >= 0.6 is 0 Å². The van der Waals surface area contributed by atoms with Crippen molar-refractivity contribution in [1.29, 1.82) is 0 Å². The Labute approximate surface area is 191 Å². The van der Waals surface area contributed by atoms with E-state index in [1.807, 2.05) is 38.1 Å². The van der Waals surface area contributed by atoms with Gasteiger partial charge in [0.25, 0.3) is 5.56 Å². The van der Waals surface area contributed by atoms with Gasteiger partial charge in [-0.1, -0.05) is 5.16 Å². The van der Waals surface area contributed by atoms with Crippen LogP contribution in [0.2, 0.25) is 0 Å². The molecule has 1 aliphatic heterocycles. The molecule has 0 saturated carbocycles. The molecule has 0 aromatic carbocycles. The zero-order chi connectivity index (χ0) is 22.8. The van der Waals surface area contributed by atoms with Gasteiger partial charge in [-0.25, -0.2) is 9.67 Å². The molecule has 0 unspecified atom stereocenters. The number of piperidine rings is 1. The Bertz CT molecular complexity index is 1320. The third-order valence-corrected chi connectivity index (χ3v) is 6.11. The Kier molecular flexibility index (Phi) is 5.73. The highest BCUT2D eigenvalue weighted by atomic mass is 16.5. The zero-order valence-electron chi connectivity index (χ0n) is 18.9. The van der Waals surface area contributed by atoms with Gasteiger partial charge in [0.15, 0.2) is 0 Å². The quantitative estimate of drug-likeness (QED) is 0.461. The smallest absolute Gasteiger partial charge is 0.267 e. The number of anilines is 1. The summed E-state index contributed by atoms with van der Waals surface area (Å²) >= 11 is 0. The molecule has 0 amide bonds. The molecule has 8 heteroatoms. The second-order valence-electron chi connectivity index (χ2n) is 8.44. The molecule has 1 aliphatic rings. The Hall–Kier alpha value is -3.81. The summed E-state index contributed by atoms with van der Waals surface area (Å²) in [5.41, 5.74) is 4.80. The SMILES string of the molecule is Cc1ccc(-c2noc(C)c2Cn2ncc(-c3ccnc(N4CCCCC4)c3)cc2=O)cn1. The first-order chi connectivity index (χ1) is 16.1. The zero-order valence-corrected chi connectivity index (χ0v) is 18.9. The first kappa shape index (κ1) is 21.1. The van der Waals surface area contributed by atoms with E-state index in [1.165, 1.54) is 23.9 Å². The van der Waals surface area contributed by atoms with E-state index < -0.39 is 0 Å². The largest absolute Gasteiger partial charge is 0.361 e. The minimum Gasteiger partial charge on any atom is -0.361 e. The molecule has 0 spiro atoms. The molecule has 0 radical (unpaired) electrons. The van der Waals surface area contributed by atoms with Crippen LogP contribution in [0.25, 0.3) is 22.4 Å². The van der Waals surface area contributed by atoms with Crippen molar-refractivity contribution in [2.75, 3.05) is 18.0 Å². The molecule has 0 N–H and O–H groups in total. The van der Waals surface area contributed by atoms with Crippen molar-refractivity contribution < 1.29 is 4.52 Å². The van der Waals surface area contributed by atoms with Gasteiger partial charge >= 0.3 is 0 Å². The molecule has 4 aromatic rings. The lowest BCUT2D eigenvalue weighted by Crippen LogP contribution is -2.30. The minimum atomic E-state index is -0.183. The number of aromatic nitrogens is 5. The molecule has 4 aromatic heterocycles. The van der Waals surface area contributed by atoms with Gasteiger partial charge in [0, 0.05) is 53.9 Å². The molecule has 8 nitrogen and oxygen atoms in total. The summed E-state index contributed by atoms with van der Waals surface area (Å²) in [6.45, 7) is 6.08. The van der Waals surface area contributed by atoms with Gasteiger partial charge < -0.3 is 9.42 Å². The maximum atomic E-state index is 12.9. The Balaban J connectivity index is 1.41. The average Bonchev–Trinajstić information content (AvgIpc) is 3.21. The van der Waals surface area contributed by atoms with Crippen LogP contribution in [0, 0.1) is 13.8 Å². The molecule has 0 aliphatic carbocycles. The standard InChI is InChI=1S/C25H26N6O2/c1-17-6-7-20(14-27-17)25-22(18(2)33-29-25)16-31-24(32)13-21(15-28-31)19-8-9-26-23(12-19)30-10-4-3-5-11-30/h6-9,12-15H,3-5,10-11,16H2,1-2H3. The van der Waals surface area contributed by atoms with Crippen LogP contribution in [-0.2, 0) is 6.54 Å². The van der Waals surface area contributed by atoms with Gasteiger partial charge in [0.05, 0.1) is 12.7 Å². The monoisotopic (exact) mass is 442 g/mol. The number of hydrogen-bond donors (Lipinski definition) is 0. The Morgan fingerprint density at radius 1 is 0.939 bits per heavy atom. The van der Waals surface area contributed by atoms with E-state index in [-0.39, 0.29) is 12.1 Å². The van der Waals surface area contributed by atoms with E-state index in [0.29, 0.717) is 11.5 Å². The number of aryl methyl sites for hydroxylation is 2. The summed E-state index contributed by atoms with van der Waals surface area (Å²) in [5, 5.41) is 8.64. The topological polar surface area (TPSA) is 89.9 Å². The second kappa shape index (κ2) is 8.97. The first-order valence-electron chi connectivity index (χ1n) is 11.3. The van der Waals surface area contributed by atoms with Crippen LogP contribution in [0.3, 0.4) is 0 Å². The van der Waals surface area contributed by atoms with Crippen molar-refractivity contribution in [2.24, 2.45) is 0 Å². The lowest BCUT2D eigenvalue weighted by Gasteiger charge is -2.27. The van der Waals surface area contributed by atoms with E-state index in [9.17, 15) is 4.79 Å². The Morgan fingerprint density at radius 3 is 2.55 bits per heavy atom. The number of rotatable bonds is 5. The summed E-state index contributed by atoms with van der Waals surface area (Å²) in [5.74, 6) is 1.61. The number of nitrogens with zero attached hydrogens (tertiary/aromatic N) is 6. The molecule has 1 fully saturated rings. The van der Waals surface area contributed by atoms with Crippen LogP contribution in [0.5, 0.6) is 0 Å². The third-order valence-electron chi connectivity index (χ3n) is 6.11. The van der Waals surface area contributed by atoms with Gasteiger partial charge in [-0.05, 0) is 62.9 Å². The highest BCUT2D eigenvalue weighted by Gasteiger charge is 2.17. The fraction of sp³-hybridized carbons (Fsp3) is 0.320. The molecule has 5 heterocycles. The summed E-state index contributed by atoms with van der Waals surface area (Å²) < 4.78 is 6.86. The maximum Gasteiger partial charge on any atom is 0.267 e. The molecule has 33 heavy (non-hydrogen) atoms. The summed E-state index contributed by atoms with van der Waals surface area (Å²) in [6, 6.07) is 9.46. The van der Waals surface area contributed by atoms with Gasteiger partial charge in [-0.15, -0.1) is 0 Å². The van der Waals surface area contributed by atoms with Gasteiger partial charge in [0.2, 0.25) is 0 Å². The van der Waals surface area contributed by atoms with E-state index in [2.05, 4.69) is 25.1 Å². The predicted octanol–water partition coefficient (Wildman–Crippen LogP) is 4.01. The van der Waals surface area contributed by atoms with Crippen molar-refractivity contribution in [1.82, 2.24) is 24.9 Å². The Morgan fingerprint density at radius 2 is 1.79 bits per heavy atom. The second-order valence-corrected chi connectivity index (χ2v) is 8.44. The molecule has 1 saturated heterocycles. The summed E-state index contributed by atoms with van der Waals surface area (Å²) in [6.07, 6.45) is 8.93. The normalized spacial score (nSPS) is 13.9. The van der Waals surface area contributed by atoms with Crippen LogP contribution in [0.4, 0.5) is 5.82 Å². The lowest BCUT2D eigenvalue weighted by molar-refractivity contribution is 0.397. The first-order valence-corrected chi connectivity index (χ1v) is 11.3. The van der Waals surface area contributed by atoms with Crippen LogP contribution in [-0.4, -0.2) is 38.0 Å². The molecule has 168 valence electrons. The molecule has 0 bridgehead atoms. The fourth-order valence-corrected chi connectivity index (χ4v) is 4.17. The van der Waals surface area contributed by atoms with Crippen LogP contribution in [0.15, 0.2) is 58.2 Å². The highest BCUT2D eigenvalue weighted by molar-refractivity contribution is 5.66. The fourth-order valence-electron chi connectivity index (χ4n) is 4.17. The van der Waals surface area contributed by atoms with Gasteiger partial charge in [-0.2, -0.15) is 5.10 Å². The minimum absolute atomic E-state index is 0.183. The van der Waals surface area contributed by atoms with Crippen molar-refractivity contribution >= 4 is 5.82 Å². The molecular weight excluding hydrogens is 416 g/mol. The van der Waals surface area contributed by atoms with E-state index >= 15 is 0 Å². The summed E-state index contributed by atoms with van der Waals surface area (Å²) in [4.78, 5) is 24.1. The predicted molar refractivity (Wildman–Crippen MR) is 126 cm³/mol. The van der Waals surface area contributed by atoms with Crippen molar-refractivity contribution in [3.05, 3.63) is 76.3 Å². The van der Waals surface area contributed by atoms with Crippen molar-refractivity contribution in [3.63, 3.8) is 0 Å². The molecular formula is C25H26N6O2. The lowest BCUT2D eigenvalue weighted by atomic mass is 10.1. The van der Waals surface area contributed by atoms with E-state index in [1.54, 1.807) is 24.7 Å². The third kappa shape index (κ3) is 4.41. The van der Waals surface area contributed by atoms with E-state index in [4.69, 9.17) is 4.52 Å². The van der Waals surface area contributed by atoms with Gasteiger partial charge in [-0.3, -0.25) is 9.78 Å². The number of pyridine rings is 2. The van der Waals surface area contributed by atoms with E-state index in [0.717, 1.165) is 46.9 Å². The summed E-state index contributed by atoms with van der Waals surface area (Å²) in [7, 11) is 0. The highest BCUT2D eigenvalue weighted by Crippen LogP contribution is 2.26. The van der Waals surface area contributed by atoms with Crippen molar-refractivity contribution in [2.45, 2.75) is 39.7 Å². The number of hydrogen-bond acceptors (Lipinski definition) is 7. The average molecular weight is 443 g/mol. The maximum absolute atomic E-state index is 12.9. The molecule has 0 atom stereocenters. The molecule has 5 rings (SSSR count). The van der Waals surface area contributed by atoms with Crippen LogP contribution < -0.4 is 10.5 Å². The van der Waals surface area contributed by atoms with Gasteiger partial charge in [0.1, 0.15) is 17.3 Å². The van der Waals surface area contributed by atoms with Crippen LogP contribution in [0.1, 0.15) is 36.3 Å². The van der Waals surface area contributed by atoms with Crippen molar-refractivity contribution in [3.8, 4) is 22.4 Å².